The number of carboxylic acids is 1. The summed E-state index contributed by atoms with van der Waals surface area (Å²) in [6, 6.07) is 3.23. The molecule has 0 aliphatic rings. The van der Waals surface area contributed by atoms with Crippen LogP contribution in [0.4, 0.5) is 4.39 Å². The molecule has 0 aliphatic heterocycles. The quantitative estimate of drug-likeness (QED) is 0.652. The molecule has 70 valence electrons. The Labute approximate surface area is 96.4 Å². The van der Waals surface area contributed by atoms with Crippen LogP contribution in [0.3, 0.4) is 0 Å². The molecular formula is C8H5BrFIO2. The van der Waals surface area contributed by atoms with Crippen molar-refractivity contribution in [2.45, 2.75) is 6.42 Å². The van der Waals surface area contributed by atoms with Crippen LogP contribution >= 0.6 is 38.5 Å². The molecule has 1 N–H and O–H groups in total. The number of benzene rings is 1. The van der Waals surface area contributed by atoms with Gasteiger partial charge < -0.3 is 5.11 Å². The minimum atomic E-state index is -1.04. The smallest absolute Gasteiger partial charge is 0.307 e. The fraction of sp³-hybridized carbons (Fsp3) is 0.125. The maximum Gasteiger partial charge on any atom is 0.307 e. The Balaban J connectivity index is 3.17. The van der Waals surface area contributed by atoms with Gasteiger partial charge in [0, 0.05) is 13.6 Å². The topological polar surface area (TPSA) is 37.3 Å². The predicted octanol–water partition coefficient (Wildman–Crippen LogP) is 2.82. The monoisotopic (exact) mass is 358 g/mol. The fourth-order valence-corrected chi connectivity index (χ4v) is 1.83. The van der Waals surface area contributed by atoms with Gasteiger partial charge >= 0.3 is 5.97 Å². The van der Waals surface area contributed by atoms with Crippen molar-refractivity contribution >= 4 is 44.5 Å². The summed E-state index contributed by atoms with van der Waals surface area (Å²) in [4.78, 5) is 10.4. The number of carboxylic acid groups (broad SMARTS) is 1. The van der Waals surface area contributed by atoms with E-state index in [1.807, 2.05) is 22.6 Å². The van der Waals surface area contributed by atoms with Gasteiger partial charge in [-0.2, -0.15) is 0 Å². The Hall–Kier alpha value is -0.170. The second-order valence-corrected chi connectivity index (χ2v) is 4.41. The highest BCUT2D eigenvalue weighted by Gasteiger charge is 2.13. The number of rotatable bonds is 2. The van der Waals surface area contributed by atoms with Gasteiger partial charge in [0.15, 0.2) is 0 Å². The molecule has 5 heteroatoms. The molecule has 1 aromatic rings. The molecular weight excluding hydrogens is 354 g/mol. The second kappa shape index (κ2) is 4.36. The lowest BCUT2D eigenvalue weighted by Gasteiger charge is -2.04. The Kier molecular flexibility index (Phi) is 3.66. The summed E-state index contributed by atoms with van der Waals surface area (Å²) in [5.41, 5.74) is 0.194. The molecule has 0 fully saturated rings. The standard InChI is InChI=1S/C8H5BrFIO2/c9-5-1-2-6(11)8(10)4(5)3-7(12)13/h1-2H,3H2,(H,12,13). The highest BCUT2D eigenvalue weighted by atomic mass is 127. The van der Waals surface area contributed by atoms with Crippen LogP contribution in [0.5, 0.6) is 0 Å². The van der Waals surface area contributed by atoms with Crippen molar-refractivity contribution in [1.82, 2.24) is 0 Å². The lowest BCUT2D eigenvalue weighted by molar-refractivity contribution is -0.136. The van der Waals surface area contributed by atoms with E-state index in [2.05, 4.69) is 15.9 Å². The molecule has 0 amide bonds. The summed E-state index contributed by atoms with van der Waals surface area (Å²) in [6.45, 7) is 0. The first-order chi connectivity index (χ1) is 6.02. The molecule has 1 aromatic carbocycles. The average Bonchev–Trinajstić information content (AvgIpc) is 2.05. The Morgan fingerprint density at radius 1 is 1.62 bits per heavy atom. The molecule has 0 atom stereocenters. The minimum absolute atomic E-state index is 0.194. The van der Waals surface area contributed by atoms with Crippen LogP contribution in [-0.2, 0) is 11.2 Å². The van der Waals surface area contributed by atoms with Crippen LogP contribution in [0.25, 0.3) is 0 Å². The number of hydrogen-bond donors (Lipinski definition) is 1. The van der Waals surface area contributed by atoms with Crippen molar-refractivity contribution in [3.63, 3.8) is 0 Å². The zero-order valence-corrected chi connectivity index (χ0v) is 10.1. The molecule has 0 heterocycles. The van der Waals surface area contributed by atoms with Gasteiger partial charge in [-0.15, -0.1) is 0 Å². The van der Waals surface area contributed by atoms with E-state index in [0.29, 0.717) is 8.04 Å². The molecule has 0 radical (unpaired) electrons. The van der Waals surface area contributed by atoms with E-state index < -0.39 is 11.8 Å². The maximum absolute atomic E-state index is 13.3. The molecule has 2 nitrogen and oxygen atoms in total. The van der Waals surface area contributed by atoms with Gasteiger partial charge in [0.05, 0.1) is 6.42 Å². The summed E-state index contributed by atoms with van der Waals surface area (Å²) in [5, 5.41) is 8.52. The normalized spacial score (nSPS) is 10.1. The number of carbonyl (C=O) groups is 1. The van der Waals surface area contributed by atoms with E-state index in [1.54, 1.807) is 12.1 Å². The number of aliphatic carboxylic acids is 1. The maximum atomic E-state index is 13.3. The SMILES string of the molecule is O=C(O)Cc1c(Br)ccc(I)c1F. The van der Waals surface area contributed by atoms with Gasteiger partial charge in [-0.1, -0.05) is 15.9 Å². The van der Waals surface area contributed by atoms with Crippen molar-refractivity contribution in [1.29, 1.82) is 0 Å². The van der Waals surface area contributed by atoms with E-state index in [0.717, 1.165) is 0 Å². The van der Waals surface area contributed by atoms with Crippen molar-refractivity contribution in [3.05, 3.63) is 31.6 Å². The van der Waals surface area contributed by atoms with Gasteiger partial charge in [0.1, 0.15) is 5.82 Å². The first kappa shape index (κ1) is 10.9. The van der Waals surface area contributed by atoms with Crippen molar-refractivity contribution in [2.75, 3.05) is 0 Å². The molecule has 0 bridgehead atoms. The lowest BCUT2D eigenvalue weighted by atomic mass is 10.1. The summed E-state index contributed by atoms with van der Waals surface area (Å²) < 4.78 is 14.2. The minimum Gasteiger partial charge on any atom is -0.481 e. The van der Waals surface area contributed by atoms with Crippen molar-refractivity contribution in [3.8, 4) is 0 Å². The van der Waals surface area contributed by atoms with Crippen LogP contribution in [0, 0.1) is 9.39 Å². The van der Waals surface area contributed by atoms with Crippen LogP contribution in [0.15, 0.2) is 16.6 Å². The van der Waals surface area contributed by atoms with E-state index >= 15 is 0 Å². The molecule has 0 saturated carbocycles. The molecule has 1 rings (SSSR count). The predicted molar refractivity (Wildman–Crippen MR) is 58.2 cm³/mol. The molecule has 0 saturated heterocycles. The Bertz CT molecular complexity index is 354. The van der Waals surface area contributed by atoms with E-state index in [9.17, 15) is 9.18 Å². The number of halogens is 3. The van der Waals surface area contributed by atoms with Gasteiger partial charge in [0.25, 0.3) is 0 Å². The summed E-state index contributed by atoms with van der Waals surface area (Å²) in [6.07, 6.45) is -0.302. The van der Waals surface area contributed by atoms with E-state index in [-0.39, 0.29) is 12.0 Å². The number of hydrogen-bond acceptors (Lipinski definition) is 1. The second-order valence-electron chi connectivity index (χ2n) is 2.39. The first-order valence-corrected chi connectivity index (χ1v) is 5.23. The molecule has 0 aromatic heterocycles. The summed E-state index contributed by atoms with van der Waals surface area (Å²) in [7, 11) is 0. The summed E-state index contributed by atoms with van der Waals surface area (Å²) >= 11 is 4.93. The molecule has 0 spiro atoms. The largest absolute Gasteiger partial charge is 0.481 e. The van der Waals surface area contributed by atoms with Gasteiger partial charge in [-0.3, -0.25) is 4.79 Å². The molecule has 0 aliphatic carbocycles. The zero-order chi connectivity index (χ0) is 10.0. The third kappa shape index (κ3) is 2.63. The molecule has 0 unspecified atom stereocenters. The molecule has 13 heavy (non-hydrogen) atoms. The van der Waals surface area contributed by atoms with Crippen LogP contribution in [0.2, 0.25) is 0 Å². The lowest BCUT2D eigenvalue weighted by Crippen LogP contribution is -2.04. The highest BCUT2D eigenvalue weighted by molar-refractivity contribution is 14.1. The average molecular weight is 359 g/mol. The van der Waals surface area contributed by atoms with Gasteiger partial charge in [-0.05, 0) is 34.7 Å². The van der Waals surface area contributed by atoms with E-state index in [1.165, 1.54) is 0 Å². The highest BCUT2D eigenvalue weighted by Crippen LogP contribution is 2.24. The van der Waals surface area contributed by atoms with Gasteiger partial charge in [-0.25, -0.2) is 4.39 Å². The Morgan fingerprint density at radius 3 is 2.77 bits per heavy atom. The van der Waals surface area contributed by atoms with Crippen LogP contribution in [0.1, 0.15) is 5.56 Å². The third-order valence-electron chi connectivity index (χ3n) is 1.47. The van der Waals surface area contributed by atoms with Crippen LogP contribution < -0.4 is 0 Å². The van der Waals surface area contributed by atoms with Crippen LogP contribution in [-0.4, -0.2) is 11.1 Å². The first-order valence-electron chi connectivity index (χ1n) is 3.36. The third-order valence-corrected chi connectivity index (χ3v) is 3.04. The van der Waals surface area contributed by atoms with Crippen molar-refractivity contribution < 1.29 is 14.3 Å². The fourth-order valence-electron chi connectivity index (χ4n) is 0.882. The Morgan fingerprint density at radius 2 is 2.23 bits per heavy atom. The van der Waals surface area contributed by atoms with E-state index in [4.69, 9.17) is 5.11 Å². The van der Waals surface area contributed by atoms with Gasteiger partial charge in [0.2, 0.25) is 0 Å². The zero-order valence-electron chi connectivity index (χ0n) is 6.35. The van der Waals surface area contributed by atoms with Crippen molar-refractivity contribution in [2.24, 2.45) is 0 Å². The summed E-state index contributed by atoms with van der Waals surface area (Å²) in [5.74, 6) is -1.50.